The Labute approximate surface area is 399 Å². The molecule has 6 nitrogen and oxygen atoms in total. The van der Waals surface area contributed by atoms with Gasteiger partial charge in [0.25, 0.3) is 0 Å². The molecule has 0 fully saturated rings. The van der Waals surface area contributed by atoms with Crippen molar-refractivity contribution in [3.8, 4) is 0 Å². The van der Waals surface area contributed by atoms with Crippen LogP contribution in [0.3, 0.4) is 0 Å². The topological polar surface area (TPSA) is 78.9 Å². The van der Waals surface area contributed by atoms with Crippen LogP contribution in [-0.4, -0.2) is 37.2 Å². The van der Waals surface area contributed by atoms with E-state index < -0.39 is 6.10 Å². The molecule has 0 aliphatic carbocycles. The van der Waals surface area contributed by atoms with E-state index in [-0.39, 0.29) is 31.1 Å². The van der Waals surface area contributed by atoms with E-state index >= 15 is 0 Å². The van der Waals surface area contributed by atoms with Gasteiger partial charge in [-0.05, 0) is 44.9 Å². The Bertz CT molecular complexity index is 993. The van der Waals surface area contributed by atoms with Gasteiger partial charge in [0.15, 0.2) is 6.10 Å². The lowest BCUT2D eigenvalue weighted by Crippen LogP contribution is -2.30. The highest BCUT2D eigenvalue weighted by molar-refractivity contribution is 5.71. The van der Waals surface area contributed by atoms with Gasteiger partial charge in [-0.15, -0.1) is 0 Å². The monoisotopic (exact) mass is 903 g/mol. The Hall–Kier alpha value is -1.85. The molecule has 64 heavy (non-hydrogen) atoms. The minimum absolute atomic E-state index is 0.0666. The number of allylic oxidation sites excluding steroid dienone is 2. The number of hydrogen-bond acceptors (Lipinski definition) is 6. The van der Waals surface area contributed by atoms with Crippen LogP contribution in [0.2, 0.25) is 0 Å². The number of esters is 3. The first kappa shape index (κ1) is 62.1. The second-order valence-electron chi connectivity index (χ2n) is 19.6. The van der Waals surface area contributed by atoms with E-state index in [4.69, 9.17) is 14.2 Å². The molecule has 0 aromatic carbocycles. The number of rotatable bonds is 53. The Morgan fingerprint density at radius 3 is 0.781 bits per heavy atom. The van der Waals surface area contributed by atoms with E-state index in [0.29, 0.717) is 19.3 Å². The van der Waals surface area contributed by atoms with Gasteiger partial charge in [-0.3, -0.25) is 14.4 Å². The van der Waals surface area contributed by atoms with E-state index in [2.05, 4.69) is 32.9 Å². The minimum Gasteiger partial charge on any atom is -0.462 e. The van der Waals surface area contributed by atoms with Gasteiger partial charge in [0.2, 0.25) is 0 Å². The molecule has 378 valence electrons. The van der Waals surface area contributed by atoms with Gasteiger partial charge in [0, 0.05) is 19.3 Å². The number of unbranched alkanes of at least 4 members (excludes halogenated alkanes) is 40. The van der Waals surface area contributed by atoms with E-state index in [1.165, 1.54) is 218 Å². The molecule has 0 saturated carbocycles. The minimum atomic E-state index is -0.767. The van der Waals surface area contributed by atoms with E-state index in [0.717, 1.165) is 64.2 Å². The van der Waals surface area contributed by atoms with Gasteiger partial charge in [-0.25, -0.2) is 0 Å². The Balaban J connectivity index is 4.33. The lowest BCUT2D eigenvalue weighted by atomic mass is 10.0. The third kappa shape index (κ3) is 51.1. The molecule has 0 unspecified atom stereocenters. The van der Waals surface area contributed by atoms with Crippen molar-refractivity contribution in [2.24, 2.45) is 0 Å². The summed E-state index contributed by atoms with van der Waals surface area (Å²) in [5.74, 6) is -0.851. The molecule has 1 atom stereocenters. The maximum atomic E-state index is 12.8. The number of hydrogen-bond donors (Lipinski definition) is 0. The fourth-order valence-electron chi connectivity index (χ4n) is 8.68. The molecule has 0 aliphatic rings. The van der Waals surface area contributed by atoms with Gasteiger partial charge in [0.05, 0.1) is 0 Å². The average Bonchev–Trinajstić information content (AvgIpc) is 3.29. The van der Waals surface area contributed by atoms with Crippen molar-refractivity contribution in [3.05, 3.63) is 12.2 Å². The van der Waals surface area contributed by atoms with Crippen molar-refractivity contribution >= 4 is 17.9 Å². The predicted molar refractivity (Wildman–Crippen MR) is 275 cm³/mol. The summed E-state index contributed by atoms with van der Waals surface area (Å²) in [6.07, 6.45) is 60.5. The Morgan fingerprint density at radius 1 is 0.297 bits per heavy atom. The van der Waals surface area contributed by atoms with Crippen molar-refractivity contribution in [1.29, 1.82) is 0 Å². The first-order chi connectivity index (χ1) is 31.5. The molecule has 0 radical (unpaired) electrons. The molecule has 0 heterocycles. The second-order valence-corrected chi connectivity index (χ2v) is 19.6. The molecule has 0 spiro atoms. The highest BCUT2D eigenvalue weighted by Crippen LogP contribution is 2.17. The fraction of sp³-hybridized carbons (Fsp3) is 0.914. The average molecular weight is 904 g/mol. The van der Waals surface area contributed by atoms with Gasteiger partial charge in [-0.1, -0.05) is 270 Å². The summed E-state index contributed by atoms with van der Waals surface area (Å²) >= 11 is 0. The summed E-state index contributed by atoms with van der Waals surface area (Å²) in [6, 6.07) is 0. The van der Waals surface area contributed by atoms with Crippen LogP contribution in [-0.2, 0) is 28.6 Å². The van der Waals surface area contributed by atoms with E-state index in [9.17, 15) is 14.4 Å². The first-order valence-electron chi connectivity index (χ1n) is 28.7. The standard InChI is InChI=1S/C58H110O6/c1-4-7-10-13-16-19-22-25-28-30-33-36-39-42-45-48-51-57(60)63-54-55(53-62-56(59)50-47-44-41-38-35-32-27-24-21-18-15-12-9-6-3)64-58(61)52-49-46-43-40-37-34-31-29-26-23-20-17-14-11-8-5-2/h28,30,55H,4-27,29,31-54H2,1-3H3/b30-28-/t55-/m1/s1. The Morgan fingerprint density at radius 2 is 0.516 bits per heavy atom. The summed E-state index contributed by atoms with van der Waals surface area (Å²) in [4.78, 5) is 38.1. The highest BCUT2D eigenvalue weighted by Gasteiger charge is 2.19. The molecule has 0 aromatic heterocycles. The Kier molecular flexibility index (Phi) is 52.2. The summed E-state index contributed by atoms with van der Waals surface area (Å²) in [6.45, 7) is 6.69. The van der Waals surface area contributed by atoms with Crippen LogP contribution in [0, 0.1) is 0 Å². The van der Waals surface area contributed by atoms with Crippen LogP contribution in [0.4, 0.5) is 0 Å². The highest BCUT2D eigenvalue weighted by atomic mass is 16.6. The van der Waals surface area contributed by atoms with Gasteiger partial charge < -0.3 is 14.2 Å². The molecule has 0 aliphatic heterocycles. The van der Waals surface area contributed by atoms with Crippen LogP contribution in [0.25, 0.3) is 0 Å². The lowest BCUT2D eigenvalue weighted by Gasteiger charge is -2.18. The molecule has 0 aromatic rings. The van der Waals surface area contributed by atoms with Crippen molar-refractivity contribution in [1.82, 2.24) is 0 Å². The van der Waals surface area contributed by atoms with E-state index in [1.54, 1.807) is 0 Å². The van der Waals surface area contributed by atoms with Gasteiger partial charge >= 0.3 is 17.9 Å². The molecule has 0 bridgehead atoms. The third-order valence-electron chi connectivity index (χ3n) is 13.0. The fourth-order valence-corrected chi connectivity index (χ4v) is 8.68. The zero-order valence-corrected chi connectivity index (χ0v) is 43.3. The SMILES string of the molecule is CCCCCCCCC/C=C\CCCCCCCC(=O)OC[C@@H](COC(=O)CCCCCCCCCCCCCCCC)OC(=O)CCCCCCCCCCCCCCCCCC. The molecule has 0 amide bonds. The van der Waals surface area contributed by atoms with Crippen LogP contribution in [0.5, 0.6) is 0 Å². The zero-order valence-electron chi connectivity index (χ0n) is 43.3. The summed E-state index contributed by atoms with van der Waals surface area (Å²) in [7, 11) is 0. The summed E-state index contributed by atoms with van der Waals surface area (Å²) in [5, 5.41) is 0. The molecule has 0 rings (SSSR count). The largest absolute Gasteiger partial charge is 0.462 e. The van der Waals surface area contributed by atoms with Crippen LogP contribution in [0.1, 0.15) is 323 Å². The van der Waals surface area contributed by atoms with Crippen LogP contribution in [0.15, 0.2) is 12.2 Å². The quantitative estimate of drug-likeness (QED) is 0.0262. The summed E-state index contributed by atoms with van der Waals surface area (Å²) in [5.41, 5.74) is 0. The normalized spacial score (nSPS) is 12.0. The van der Waals surface area contributed by atoms with Crippen LogP contribution >= 0.6 is 0 Å². The molecule has 0 saturated heterocycles. The molecular weight excluding hydrogens is 793 g/mol. The van der Waals surface area contributed by atoms with Gasteiger partial charge in [-0.2, -0.15) is 0 Å². The van der Waals surface area contributed by atoms with Crippen LogP contribution < -0.4 is 0 Å². The maximum Gasteiger partial charge on any atom is 0.306 e. The molecule has 0 N–H and O–H groups in total. The number of carbonyl (C=O) groups is 3. The first-order valence-corrected chi connectivity index (χ1v) is 28.7. The predicted octanol–water partition coefficient (Wildman–Crippen LogP) is 18.9. The third-order valence-corrected chi connectivity index (χ3v) is 13.0. The summed E-state index contributed by atoms with van der Waals surface area (Å²) < 4.78 is 16.9. The van der Waals surface area contributed by atoms with Crippen molar-refractivity contribution in [3.63, 3.8) is 0 Å². The smallest absolute Gasteiger partial charge is 0.306 e. The molecule has 6 heteroatoms. The zero-order chi connectivity index (χ0) is 46.5. The van der Waals surface area contributed by atoms with Crippen molar-refractivity contribution in [2.75, 3.05) is 13.2 Å². The lowest BCUT2D eigenvalue weighted by molar-refractivity contribution is -0.167. The number of carbonyl (C=O) groups excluding carboxylic acids is 3. The van der Waals surface area contributed by atoms with Crippen molar-refractivity contribution in [2.45, 2.75) is 329 Å². The van der Waals surface area contributed by atoms with E-state index in [1.807, 2.05) is 0 Å². The maximum absolute atomic E-state index is 12.8. The molecular formula is C58H110O6. The second kappa shape index (κ2) is 53.8. The number of ether oxygens (including phenoxy) is 3. The van der Waals surface area contributed by atoms with Crippen molar-refractivity contribution < 1.29 is 28.6 Å². The van der Waals surface area contributed by atoms with Gasteiger partial charge in [0.1, 0.15) is 13.2 Å².